The van der Waals surface area contributed by atoms with Crippen LogP contribution in [0.3, 0.4) is 0 Å². The van der Waals surface area contributed by atoms with Crippen LogP contribution in [-0.4, -0.2) is 0 Å². The smallest absolute Gasteiger partial charge is 0.123 e. The zero-order chi connectivity index (χ0) is 10.6. The highest BCUT2D eigenvalue weighted by Crippen LogP contribution is 2.20. The van der Waals surface area contributed by atoms with Crippen molar-refractivity contribution in [1.82, 2.24) is 0 Å². The van der Waals surface area contributed by atoms with Crippen LogP contribution in [0.5, 0.6) is 0 Å². The van der Waals surface area contributed by atoms with Crippen molar-refractivity contribution in [3.8, 4) is 0 Å². The number of allylic oxidation sites excluding steroid dienone is 1. The molecule has 0 aliphatic heterocycles. The lowest BCUT2D eigenvalue weighted by Crippen LogP contribution is -2.11. The first-order chi connectivity index (χ1) is 6.65. The van der Waals surface area contributed by atoms with Gasteiger partial charge in [-0.2, -0.15) is 0 Å². The molecule has 0 fully saturated rings. The predicted octanol–water partition coefficient (Wildman–Crippen LogP) is 3.10. The van der Waals surface area contributed by atoms with Crippen LogP contribution in [0.15, 0.2) is 30.9 Å². The first-order valence-corrected chi connectivity index (χ1v) is 4.77. The molecule has 0 saturated heterocycles. The van der Waals surface area contributed by atoms with Crippen LogP contribution in [0.4, 0.5) is 4.39 Å². The molecule has 76 valence electrons. The van der Waals surface area contributed by atoms with Gasteiger partial charge in [0, 0.05) is 6.04 Å². The Kier molecular flexibility index (Phi) is 3.84. The first kappa shape index (κ1) is 10.9. The first-order valence-electron chi connectivity index (χ1n) is 4.77. The fraction of sp³-hybridized carbons (Fsp3) is 0.333. The Bertz CT molecular complexity index is 320. The SMILES string of the molecule is C=CCC[C@H](N)c1cc(F)ccc1C. The molecule has 0 unspecified atom stereocenters. The molecule has 1 rings (SSSR count). The Morgan fingerprint density at radius 1 is 1.57 bits per heavy atom. The zero-order valence-electron chi connectivity index (χ0n) is 8.46. The van der Waals surface area contributed by atoms with E-state index in [2.05, 4.69) is 6.58 Å². The van der Waals surface area contributed by atoms with Crippen LogP contribution in [0.25, 0.3) is 0 Å². The summed E-state index contributed by atoms with van der Waals surface area (Å²) < 4.78 is 13.0. The topological polar surface area (TPSA) is 26.0 Å². The fourth-order valence-corrected chi connectivity index (χ4v) is 1.46. The second-order valence-corrected chi connectivity index (χ2v) is 3.47. The van der Waals surface area contributed by atoms with Gasteiger partial charge in [-0.15, -0.1) is 6.58 Å². The minimum absolute atomic E-state index is 0.0938. The Hall–Kier alpha value is -1.15. The minimum atomic E-state index is -0.223. The highest BCUT2D eigenvalue weighted by atomic mass is 19.1. The van der Waals surface area contributed by atoms with Crippen LogP contribution in [0.1, 0.15) is 30.0 Å². The molecule has 1 atom stereocenters. The lowest BCUT2D eigenvalue weighted by Gasteiger charge is -2.13. The van der Waals surface area contributed by atoms with E-state index in [0.29, 0.717) is 0 Å². The van der Waals surface area contributed by atoms with E-state index in [1.54, 1.807) is 6.07 Å². The van der Waals surface area contributed by atoms with E-state index < -0.39 is 0 Å². The number of nitrogens with two attached hydrogens (primary N) is 1. The van der Waals surface area contributed by atoms with Crippen LogP contribution >= 0.6 is 0 Å². The molecule has 0 aliphatic carbocycles. The van der Waals surface area contributed by atoms with Gasteiger partial charge in [0.2, 0.25) is 0 Å². The van der Waals surface area contributed by atoms with Gasteiger partial charge in [0.1, 0.15) is 5.82 Å². The van der Waals surface area contributed by atoms with E-state index in [9.17, 15) is 4.39 Å². The van der Waals surface area contributed by atoms with Crippen molar-refractivity contribution in [2.45, 2.75) is 25.8 Å². The number of aryl methyl sites for hydroxylation is 1. The van der Waals surface area contributed by atoms with Crippen LogP contribution in [-0.2, 0) is 0 Å². The summed E-state index contributed by atoms with van der Waals surface area (Å²) in [6.07, 6.45) is 3.50. The highest BCUT2D eigenvalue weighted by Gasteiger charge is 2.08. The molecule has 0 saturated carbocycles. The zero-order valence-corrected chi connectivity index (χ0v) is 8.46. The van der Waals surface area contributed by atoms with Gasteiger partial charge in [-0.3, -0.25) is 0 Å². The van der Waals surface area contributed by atoms with Crippen molar-refractivity contribution in [3.63, 3.8) is 0 Å². The molecule has 0 spiro atoms. The molecule has 14 heavy (non-hydrogen) atoms. The minimum Gasteiger partial charge on any atom is -0.324 e. The summed E-state index contributed by atoms with van der Waals surface area (Å²) in [4.78, 5) is 0. The lowest BCUT2D eigenvalue weighted by atomic mass is 9.98. The molecule has 0 aromatic heterocycles. The Labute approximate surface area is 84.4 Å². The number of hydrogen-bond donors (Lipinski definition) is 1. The molecule has 1 aromatic carbocycles. The summed E-state index contributed by atoms with van der Waals surface area (Å²) in [6.45, 7) is 5.58. The average Bonchev–Trinajstić information content (AvgIpc) is 2.18. The van der Waals surface area contributed by atoms with Crippen LogP contribution < -0.4 is 5.73 Å². The standard InChI is InChI=1S/C12H16FN/c1-3-4-5-12(14)11-8-10(13)7-6-9(11)2/h3,6-8,12H,1,4-5,14H2,2H3/t12-/m0/s1. The monoisotopic (exact) mass is 193 g/mol. The predicted molar refractivity (Wildman–Crippen MR) is 57.5 cm³/mol. The van der Waals surface area contributed by atoms with Gasteiger partial charge in [0.15, 0.2) is 0 Å². The van der Waals surface area contributed by atoms with E-state index in [0.717, 1.165) is 24.0 Å². The molecule has 0 heterocycles. The van der Waals surface area contributed by atoms with Gasteiger partial charge in [-0.1, -0.05) is 12.1 Å². The number of halogens is 1. The van der Waals surface area contributed by atoms with Crippen molar-refractivity contribution < 1.29 is 4.39 Å². The fourth-order valence-electron chi connectivity index (χ4n) is 1.46. The molecular formula is C12H16FN. The summed E-state index contributed by atoms with van der Waals surface area (Å²) in [5.41, 5.74) is 7.88. The molecular weight excluding hydrogens is 177 g/mol. The molecule has 2 heteroatoms. The Balaban J connectivity index is 2.82. The van der Waals surface area contributed by atoms with Gasteiger partial charge in [-0.25, -0.2) is 4.39 Å². The third kappa shape index (κ3) is 2.67. The van der Waals surface area contributed by atoms with Crippen molar-refractivity contribution >= 4 is 0 Å². The van der Waals surface area contributed by atoms with Crippen LogP contribution in [0.2, 0.25) is 0 Å². The maximum Gasteiger partial charge on any atom is 0.123 e. The van der Waals surface area contributed by atoms with E-state index in [4.69, 9.17) is 5.73 Å². The van der Waals surface area contributed by atoms with Crippen molar-refractivity contribution in [1.29, 1.82) is 0 Å². The maximum absolute atomic E-state index is 13.0. The third-order valence-electron chi connectivity index (χ3n) is 2.32. The largest absolute Gasteiger partial charge is 0.324 e. The van der Waals surface area contributed by atoms with Crippen molar-refractivity contribution in [3.05, 3.63) is 47.8 Å². The second kappa shape index (κ2) is 4.91. The van der Waals surface area contributed by atoms with E-state index in [1.165, 1.54) is 12.1 Å². The molecule has 1 nitrogen and oxygen atoms in total. The highest BCUT2D eigenvalue weighted by molar-refractivity contribution is 5.29. The molecule has 0 bridgehead atoms. The summed E-state index contributed by atoms with van der Waals surface area (Å²) in [5, 5.41) is 0. The molecule has 1 aromatic rings. The quantitative estimate of drug-likeness (QED) is 0.730. The van der Waals surface area contributed by atoms with Gasteiger partial charge >= 0.3 is 0 Å². The summed E-state index contributed by atoms with van der Waals surface area (Å²) in [7, 11) is 0. The van der Waals surface area contributed by atoms with Gasteiger partial charge < -0.3 is 5.73 Å². The normalized spacial score (nSPS) is 12.5. The molecule has 0 aliphatic rings. The lowest BCUT2D eigenvalue weighted by molar-refractivity contribution is 0.609. The maximum atomic E-state index is 13.0. The van der Waals surface area contributed by atoms with E-state index >= 15 is 0 Å². The number of benzene rings is 1. The van der Waals surface area contributed by atoms with Crippen molar-refractivity contribution in [2.24, 2.45) is 5.73 Å². The molecule has 2 N–H and O–H groups in total. The Morgan fingerprint density at radius 3 is 2.93 bits per heavy atom. The van der Waals surface area contributed by atoms with E-state index in [-0.39, 0.29) is 11.9 Å². The number of hydrogen-bond acceptors (Lipinski definition) is 1. The summed E-state index contributed by atoms with van der Waals surface area (Å²) in [6, 6.07) is 4.64. The van der Waals surface area contributed by atoms with Crippen LogP contribution in [0, 0.1) is 12.7 Å². The van der Waals surface area contributed by atoms with Crippen molar-refractivity contribution in [2.75, 3.05) is 0 Å². The van der Waals surface area contributed by atoms with Gasteiger partial charge in [0.05, 0.1) is 0 Å². The van der Waals surface area contributed by atoms with Gasteiger partial charge in [0.25, 0.3) is 0 Å². The van der Waals surface area contributed by atoms with E-state index in [1.807, 2.05) is 13.0 Å². The second-order valence-electron chi connectivity index (χ2n) is 3.47. The van der Waals surface area contributed by atoms with Gasteiger partial charge in [-0.05, 0) is 43.0 Å². The molecule has 0 radical (unpaired) electrons. The average molecular weight is 193 g/mol. The number of rotatable bonds is 4. The summed E-state index contributed by atoms with van der Waals surface area (Å²) >= 11 is 0. The summed E-state index contributed by atoms with van der Waals surface area (Å²) in [5.74, 6) is -0.223. The molecule has 0 amide bonds. The Morgan fingerprint density at radius 2 is 2.29 bits per heavy atom. The third-order valence-corrected chi connectivity index (χ3v) is 2.32.